The van der Waals surface area contributed by atoms with Crippen LogP contribution in [0.15, 0.2) is 36.4 Å². The van der Waals surface area contributed by atoms with E-state index in [1.54, 1.807) is 50.2 Å². The first-order valence-electron chi connectivity index (χ1n) is 12.6. The summed E-state index contributed by atoms with van der Waals surface area (Å²) in [6, 6.07) is 9.56. The summed E-state index contributed by atoms with van der Waals surface area (Å²) in [7, 11) is -3.62. The predicted octanol–water partition coefficient (Wildman–Crippen LogP) is 5.98. The molecule has 1 N–H and O–H groups in total. The Bertz CT molecular complexity index is 1270. The lowest BCUT2D eigenvalue weighted by molar-refractivity contribution is -0.141. The van der Waals surface area contributed by atoms with Crippen LogP contribution in [0.3, 0.4) is 0 Å². The van der Waals surface area contributed by atoms with Gasteiger partial charge in [-0.25, -0.2) is 8.42 Å². The number of amides is 2. The SMILES string of the molecule is Cc1ccc(Cl)cc1N(CCCC(=O)N(Cc1ccc(Cl)c(Cl)c1)[C@H](C)C(=O)NC1CCCC1)S(C)(=O)=O. The van der Waals surface area contributed by atoms with Gasteiger partial charge in [0.2, 0.25) is 21.8 Å². The van der Waals surface area contributed by atoms with Crippen LogP contribution in [0.25, 0.3) is 0 Å². The first-order valence-corrected chi connectivity index (χ1v) is 15.6. The molecule has 1 fully saturated rings. The molecule has 38 heavy (non-hydrogen) atoms. The molecule has 7 nitrogen and oxygen atoms in total. The van der Waals surface area contributed by atoms with E-state index >= 15 is 0 Å². The molecule has 1 aliphatic rings. The second-order valence-electron chi connectivity index (χ2n) is 9.81. The summed E-state index contributed by atoms with van der Waals surface area (Å²) in [5, 5.41) is 4.25. The normalized spacial score (nSPS) is 14.8. The number of sulfonamides is 1. The highest BCUT2D eigenvalue weighted by molar-refractivity contribution is 7.92. The molecule has 0 aromatic heterocycles. The van der Waals surface area contributed by atoms with Gasteiger partial charge in [-0.2, -0.15) is 0 Å². The van der Waals surface area contributed by atoms with Gasteiger partial charge in [0.1, 0.15) is 6.04 Å². The molecule has 0 radical (unpaired) electrons. The number of benzene rings is 2. The number of anilines is 1. The average molecular weight is 603 g/mol. The maximum absolute atomic E-state index is 13.5. The van der Waals surface area contributed by atoms with E-state index in [1.807, 2.05) is 0 Å². The summed E-state index contributed by atoms with van der Waals surface area (Å²) in [6.07, 6.45) is 5.46. The quantitative estimate of drug-likeness (QED) is 0.343. The molecular weight excluding hydrogens is 569 g/mol. The number of carbonyl (C=O) groups excluding carboxylic acids is 2. The molecule has 2 aromatic rings. The van der Waals surface area contributed by atoms with Gasteiger partial charge in [-0.3, -0.25) is 13.9 Å². The van der Waals surface area contributed by atoms with Gasteiger partial charge >= 0.3 is 0 Å². The highest BCUT2D eigenvalue weighted by Crippen LogP contribution is 2.27. The number of halogens is 3. The highest BCUT2D eigenvalue weighted by atomic mass is 35.5. The largest absolute Gasteiger partial charge is 0.352 e. The Morgan fingerprint density at radius 1 is 1.05 bits per heavy atom. The van der Waals surface area contributed by atoms with Gasteiger partial charge in [0.15, 0.2) is 0 Å². The molecule has 0 spiro atoms. The summed E-state index contributed by atoms with van der Waals surface area (Å²) in [6.45, 7) is 3.77. The van der Waals surface area contributed by atoms with E-state index in [0.29, 0.717) is 20.8 Å². The van der Waals surface area contributed by atoms with Crippen LogP contribution in [0, 0.1) is 6.92 Å². The minimum atomic E-state index is -3.62. The van der Waals surface area contributed by atoms with Crippen molar-refractivity contribution >= 4 is 62.3 Å². The monoisotopic (exact) mass is 601 g/mol. The lowest BCUT2D eigenvalue weighted by atomic mass is 10.1. The van der Waals surface area contributed by atoms with E-state index in [4.69, 9.17) is 34.8 Å². The molecule has 0 bridgehead atoms. The average Bonchev–Trinajstić information content (AvgIpc) is 3.36. The van der Waals surface area contributed by atoms with Crippen LogP contribution in [-0.4, -0.2) is 50.0 Å². The summed E-state index contributed by atoms with van der Waals surface area (Å²) >= 11 is 18.4. The Labute approximate surface area is 240 Å². The van der Waals surface area contributed by atoms with E-state index in [9.17, 15) is 18.0 Å². The van der Waals surface area contributed by atoms with Crippen molar-refractivity contribution in [3.63, 3.8) is 0 Å². The molecule has 0 saturated heterocycles. The molecule has 3 rings (SSSR count). The Morgan fingerprint density at radius 3 is 2.37 bits per heavy atom. The van der Waals surface area contributed by atoms with Crippen molar-refractivity contribution in [3.05, 3.63) is 62.6 Å². The topological polar surface area (TPSA) is 86.8 Å². The van der Waals surface area contributed by atoms with Crippen LogP contribution >= 0.6 is 34.8 Å². The number of aryl methyl sites for hydroxylation is 1. The summed E-state index contributed by atoms with van der Waals surface area (Å²) in [5.41, 5.74) is 1.97. The van der Waals surface area contributed by atoms with E-state index in [0.717, 1.165) is 43.1 Å². The van der Waals surface area contributed by atoms with Crippen molar-refractivity contribution in [1.82, 2.24) is 10.2 Å². The van der Waals surface area contributed by atoms with Crippen molar-refractivity contribution in [2.75, 3.05) is 17.1 Å². The minimum absolute atomic E-state index is 0.0496. The van der Waals surface area contributed by atoms with Crippen molar-refractivity contribution in [3.8, 4) is 0 Å². The van der Waals surface area contributed by atoms with Crippen LogP contribution in [0.1, 0.15) is 56.6 Å². The number of rotatable bonds is 11. The zero-order valence-electron chi connectivity index (χ0n) is 21.8. The van der Waals surface area contributed by atoms with Crippen LogP contribution in [-0.2, 0) is 26.2 Å². The summed E-state index contributed by atoms with van der Waals surface area (Å²) < 4.78 is 26.4. The summed E-state index contributed by atoms with van der Waals surface area (Å²) in [5.74, 6) is -0.473. The van der Waals surface area contributed by atoms with E-state index in [1.165, 1.54) is 9.21 Å². The van der Waals surface area contributed by atoms with Crippen LogP contribution in [0.4, 0.5) is 5.69 Å². The molecule has 0 heterocycles. The van der Waals surface area contributed by atoms with Crippen LogP contribution in [0.5, 0.6) is 0 Å². The molecule has 0 aliphatic heterocycles. The fourth-order valence-electron chi connectivity index (χ4n) is 4.64. The van der Waals surface area contributed by atoms with Crippen molar-refractivity contribution in [1.29, 1.82) is 0 Å². The number of carbonyl (C=O) groups is 2. The van der Waals surface area contributed by atoms with E-state index in [-0.39, 0.29) is 43.8 Å². The number of nitrogens with one attached hydrogen (secondary N) is 1. The molecule has 11 heteroatoms. The Morgan fingerprint density at radius 2 is 1.74 bits per heavy atom. The van der Waals surface area contributed by atoms with Gasteiger partial charge < -0.3 is 10.2 Å². The third-order valence-electron chi connectivity index (χ3n) is 6.80. The smallest absolute Gasteiger partial charge is 0.242 e. The molecule has 1 aliphatic carbocycles. The predicted molar refractivity (Wildman–Crippen MR) is 154 cm³/mol. The number of hydrogen-bond acceptors (Lipinski definition) is 4. The first-order chi connectivity index (χ1) is 17.9. The lowest BCUT2D eigenvalue weighted by Crippen LogP contribution is -2.49. The molecule has 208 valence electrons. The molecule has 2 aromatic carbocycles. The van der Waals surface area contributed by atoms with Crippen LogP contribution in [0.2, 0.25) is 15.1 Å². The van der Waals surface area contributed by atoms with Gasteiger partial charge in [-0.15, -0.1) is 0 Å². The van der Waals surface area contributed by atoms with Gasteiger partial charge in [-0.1, -0.05) is 59.8 Å². The maximum atomic E-state index is 13.5. The van der Waals surface area contributed by atoms with E-state index < -0.39 is 16.1 Å². The van der Waals surface area contributed by atoms with Gasteiger partial charge in [0, 0.05) is 30.6 Å². The van der Waals surface area contributed by atoms with E-state index in [2.05, 4.69) is 5.32 Å². The molecule has 0 unspecified atom stereocenters. The minimum Gasteiger partial charge on any atom is -0.352 e. The van der Waals surface area contributed by atoms with Crippen molar-refractivity contribution in [2.45, 2.75) is 71.0 Å². The Balaban J connectivity index is 1.76. The fourth-order valence-corrected chi connectivity index (χ4v) is 6.14. The third kappa shape index (κ3) is 8.25. The highest BCUT2D eigenvalue weighted by Gasteiger charge is 2.29. The first kappa shape index (κ1) is 30.5. The molecule has 1 atom stereocenters. The van der Waals surface area contributed by atoms with Crippen molar-refractivity contribution < 1.29 is 18.0 Å². The summed E-state index contributed by atoms with van der Waals surface area (Å²) in [4.78, 5) is 28.1. The van der Waals surface area contributed by atoms with Gasteiger partial charge in [0.05, 0.1) is 22.0 Å². The molecular formula is C27H34Cl3N3O4S. The lowest BCUT2D eigenvalue weighted by Gasteiger charge is -2.30. The van der Waals surface area contributed by atoms with Crippen molar-refractivity contribution in [2.24, 2.45) is 0 Å². The van der Waals surface area contributed by atoms with Gasteiger partial charge in [-0.05, 0) is 68.5 Å². The Hall–Kier alpha value is -2.00. The standard InChI is InChI=1S/C27H34Cl3N3O4S/c1-18-10-12-21(28)16-25(18)33(38(3,36)37)14-6-9-26(34)32(17-20-11-13-23(29)24(30)15-20)19(2)27(35)31-22-7-4-5-8-22/h10-13,15-16,19,22H,4-9,14,17H2,1-3H3,(H,31,35)/t19-/m1/s1. The zero-order valence-corrected chi connectivity index (χ0v) is 24.9. The third-order valence-corrected chi connectivity index (χ3v) is 8.95. The zero-order chi connectivity index (χ0) is 28.0. The molecule has 2 amide bonds. The second-order valence-corrected chi connectivity index (χ2v) is 13.0. The Kier molecular flexibility index (Phi) is 10.7. The number of hydrogen-bond donors (Lipinski definition) is 1. The maximum Gasteiger partial charge on any atom is 0.242 e. The van der Waals surface area contributed by atoms with Gasteiger partial charge in [0.25, 0.3) is 0 Å². The van der Waals surface area contributed by atoms with Crippen LogP contribution < -0.4 is 9.62 Å². The molecule has 1 saturated carbocycles. The second kappa shape index (κ2) is 13.4. The fraction of sp³-hybridized carbons (Fsp3) is 0.481. The number of nitrogens with zero attached hydrogens (tertiary/aromatic N) is 2.